The number of nitrogens with zero attached hydrogens (tertiary/aromatic N) is 3. The van der Waals surface area contributed by atoms with E-state index in [1.807, 2.05) is 0 Å². The molecule has 0 aliphatic carbocycles. The van der Waals surface area contributed by atoms with Gasteiger partial charge in [0, 0.05) is 0 Å². The lowest BCUT2D eigenvalue weighted by atomic mass is 10.3. The number of fused-ring (bicyclic) bond motifs is 1. The summed E-state index contributed by atoms with van der Waals surface area (Å²) in [6.45, 7) is -0.163. The molecule has 0 bridgehead atoms. The van der Waals surface area contributed by atoms with Crippen LogP contribution >= 0.6 is 0 Å². The van der Waals surface area contributed by atoms with E-state index in [4.69, 9.17) is 4.74 Å². The molecule has 0 atom stereocenters. The maximum atomic E-state index is 10.9. The highest BCUT2D eigenvalue weighted by molar-refractivity contribution is 6.68. The third kappa shape index (κ3) is 0.931. The van der Waals surface area contributed by atoms with E-state index in [0.717, 1.165) is 6.34 Å². The molecule has 0 spiro atoms. The van der Waals surface area contributed by atoms with E-state index in [1.165, 1.54) is 0 Å². The van der Waals surface area contributed by atoms with Crippen LogP contribution in [0.5, 0.6) is 0 Å². The number of hydrogen-bond acceptors (Lipinski definition) is 4. The van der Waals surface area contributed by atoms with Crippen LogP contribution in [0.3, 0.4) is 0 Å². The van der Waals surface area contributed by atoms with Gasteiger partial charge in [0.15, 0.2) is 12.3 Å². The van der Waals surface area contributed by atoms with Gasteiger partial charge in [-0.25, -0.2) is 0 Å². The van der Waals surface area contributed by atoms with Crippen molar-refractivity contribution in [3.8, 4) is 0 Å². The first-order chi connectivity index (χ1) is 5.77. The van der Waals surface area contributed by atoms with E-state index in [2.05, 4.69) is 15.0 Å². The van der Waals surface area contributed by atoms with Gasteiger partial charge in [0.1, 0.15) is 6.34 Å². The fourth-order valence-corrected chi connectivity index (χ4v) is 0.836. The molecular weight excluding hydrogens is 162 g/mol. The average molecular weight is 165 g/mol. The zero-order valence-corrected chi connectivity index (χ0v) is 5.85. The maximum absolute atomic E-state index is 10.9. The number of hydrogen-bond donors (Lipinski definition) is 0. The zero-order chi connectivity index (χ0) is 8.55. The summed E-state index contributed by atoms with van der Waals surface area (Å²) in [7, 11) is 0. The summed E-state index contributed by atoms with van der Waals surface area (Å²) >= 11 is 0. The van der Waals surface area contributed by atoms with Gasteiger partial charge in [-0.05, 0) is 0 Å². The molecule has 0 aromatic carbocycles. The second-order valence-electron chi connectivity index (χ2n) is 2.13. The molecule has 0 aromatic heterocycles. The fraction of sp³-hybridized carbons (Fsp3) is 0.167. The largest absolute Gasteiger partial charge is 0.466 e. The summed E-state index contributed by atoms with van der Waals surface area (Å²) in [5.41, 5.74) is -0.103. The standard InChI is InChI=1S/C6H3N3O3/c10-3-1-12-6-4(9-3)5(11)7-2-8-6/h2H,1H2. The molecule has 6 heteroatoms. The van der Waals surface area contributed by atoms with Crippen molar-refractivity contribution in [3.05, 3.63) is 0 Å². The molecule has 0 saturated heterocycles. The van der Waals surface area contributed by atoms with Gasteiger partial charge in [-0.15, -0.1) is 0 Å². The average Bonchev–Trinajstić information content (AvgIpc) is 2.07. The molecule has 2 aliphatic heterocycles. The maximum Gasteiger partial charge on any atom is 0.302 e. The molecule has 0 saturated carbocycles. The number of carbonyl (C=O) groups excluding carboxylic acids is 2. The number of amides is 2. The van der Waals surface area contributed by atoms with Crippen molar-refractivity contribution < 1.29 is 14.3 Å². The summed E-state index contributed by atoms with van der Waals surface area (Å²) in [6, 6.07) is 0. The Labute approximate surface area is 66.7 Å². The molecule has 2 aliphatic rings. The van der Waals surface area contributed by atoms with E-state index in [-0.39, 0.29) is 18.2 Å². The van der Waals surface area contributed by atoms with Crippen LogP contribution in [0.1, 0.15) is 0 Å². The Bertz CT molecular complexity index is 353. The van der Waals surface area contributed by atoms with Crippen LogP contribution in [0.15, 0.2) is 15.0 Å². The predicted molar refractivity (Wildman–Crippen MR) is 39.3 cm³/mol. The highest BCUT2D eigenvalue weighted by Gasteiger charge is 2.27. The van der Waals surface area contributed by atoms with Crippen molar-refractivity contribution in [2.75, 3.05) is 6.61 Å². The van der Waals surface area contributed by atoms with Crippen LogP contribution < -0.4 is 0 Å². The van der Waals surface area contributed by atoms with Gasteiger partial charge in [0.25, 0.3) is 5.91 Å². The topological polar surface area (TPSA) is 80.5 Å². The van der Waals surface area contributed by atoms with Gasteiger partial charge in [-0.3, -0.25) is 9.59 Å². The van der Waals surface area contributed by atoms with Crippen molar-refractivity contribution in [2.24, 2.45) is 15.0 Å². The van der Waals surface area contributed by atoms with Gasteiger partial charge in [0.2, 0.25) is 5.90 Å². The van der Waals surface area contributed by atoms with Crippen LogP contribution in [-0.4, -0.2) is 36.4 Å². The van der Waals surface area contributed by atoms with Gasteiger partial charge < -0.3 is 4.74 Å². The van der Waals surface area contributed by atoms with E-state index >= 15 is 0 Å². The van der Waals surface area contributed by atoms with Crippen LogP contribution in [0.4, 0.5) is 0 Å². The normalized spacial score (nSPS) is 21.0. The molecule has 0 radical (unpaired) electrons. The molecule has 6 nitrogen and oxygen atoms in total. The lowest BCUT2D eigenvalue weighted by Crippen LogP contribution is -2.35. The Hall–Kier alpha value is -1.85. The molecule has 12 heavy (non-hydrogen) atoms. The quantitative estimate of drug-likeness (QED) is 0.459. The molecule has 0 N–H and O–H groups in total. The second kappa shape index (κ2) is 2.33. The third-order valence-electron chi connectivity index (χ3n) is 1.32. The summed E-state index contributed by atoms with van der Waals surface area (Å²) < 4.78 is 4.82. The molecule has 0 fully saturated rings. The number of aliphatic imine (C=N–C) groups is 3. The Kier molecular flexibility index (Phi) is 1.33. The van der Waals surface area contributed by atoms with Gasteiger partial charge in [0.05, 0.1) is 0 Å². The first-order valence-electron chi connectivity index (χ1n) is 3.17. The Morgan fingerprint density at radius 3 is 3.08 bits per heavy atom. The van der Waals surface area contributed by atoms with Crippen LogP contribution in [0.2, 0.25) is 0 Å². The minimum absolute atomic E-state index is 0.0783. The number of rotatable bonds is 0. The molecule has 60 valence electrons. The van der Waals surface area contributed by atoms with Crippen LogP contribution in [0, 0.1) is 0 Å². The Balaban J connectivity index is 2.48. The van der Waals surface area contributed by atoms with Crippen LogP contribution in [0.25, 0.3) is 0 Å². The lowest BCUT2D eigenvalue weighted by molar-refractivity contribution is -0.121. The van der Waals surface area contributed by atoms with Crippen molar-refractivity contribution in [1.29, 1.82) is 0 Å². The molecular formula is C6H3N3O3. The van der Waals surface area contributed by atoms with E-state index < -0.39 is 11.8 Å². The molecule has 2 amide bonds. The van der Waals surface area contributed by atoms with E-state index in [9.17, 15) is 9.59 Å². The molecule has 0 unspecified atom stereocenters. The predicted octanol–water partition coefficient (Wildman–Crippen LogP) is -1.05. The SMILES string of the molecule is O=C1COC2=NC=NC(=O)C2=N1. The van der Waals surface area contributed by atoms with Gasteiger partial charge in [-0.2, -0.15) is 15.0 Å². The highest BCUT2D eigenvalue weighted by Crippen LogP contribution is 2.02. The first-order valence-corrected chi connectivity index (χ1v) is 3.17. The van der Waals surface area contributed by atoms with Crippen molar-refractivity contribution >= 4 is 29.8 Å². The highest BCUT2D eigenvalue weighted by atomic mass is 16.5. The Morgan fingerprint density at radius 2 is 2.25 bits per heavy atom. The minimum Gasteiger partial charge on any atom is -0.466 e. The molecule has 2 heterocycles. The summed E-state index contributed by atoms with van der Waals surface area (Å²) in [6.07, 6.45) is 1.08. The number of carbonyl (C=O) groups is 2. The lowest BCUT2D eigenvalue weighted by Gasteiger charge is -2.13. The summed E-state index contributed by atoms with van der Waals surface area (Å²) in [5.74, 6) is -1.00. The molecule has 0 aromatic rings. The van der Waals surface area contributed by atoms with E-state index in [0.29, 0.717) is 0 Å². The first kappa shape index (κ1) is 6.84. The third-order valence-corrected chi connectivity index (χ3v) is 1.32. The number of ether oxygens (including phenoxy) is 1. The molecule has 2 rings (SSSR count). The summed E-state index contributed by atoms with van der Waals surface area (Å²) in [5, 5.41) is 0. The monoisotopic (exact) mass is 165 g/mol. The van der Waals surface area contributed by atoms with E-state index in [1.54, 1.807) is 0 Å². The zero-order valence-electron chi connectivity index (χ0n) is 5.85. The van der Waals surface area contributed by atoms with Crippen molar-refractivity contribution in [2.45, 2.75) is 0 Å². The van der Waals surface area contributed by atoms with Crippen molar-refractivity contribution in [3.63, 3.8) is 0 Å². The van der Waals surface area contributed by atoms with Crippen LogP contribution in [-0.2, 0) is 14.3 Å². The Morgan fingerprint density at radius 1 is 1.42 bits per heavy atom. The fourth-order valence-electron chi connectivity index (χ4n) is 0.836. The van der Waals surface area contributed by atoms with Gasteiger partial charge >= 0.3 is 5.91 Å². The second-order valence-corrected chi connectivity index (χ2v) is 2.13. The van der Waals surface area contributed by atoms with Gasteiger partial charge in [-0.1, -0.05) is 0 Å². The smallest absolute Gasteiger partial charge is 0.302 e. The minimum atomic E-state index is -0.590. The van der Waals surface area contributed by atoms with Crippen molar-refractivity contribution in [1.82, 2.24) is 0 Å². The summed E-state index contributed by atoms with van der Waals surface area (Å²) in [4.78, 5) is 32.0.